The van der Waals surface area contributed by atoms with Gasteiger partial charge in [-0.3, -0.25) is 4.79 Å². The fourth-order valence-electron chi connectivity index (χ4n) is 5.40. The number of fused-ring (bicyclic) bond motifs is 1. The van der Waals surface area contributed by atoms with Crippen molar-refractivity contribution in [1.82, 2.24) is 9.78 Å². The topological polar surface area (TPSA) is 46.9 Å². The molecule has 2 heterocycles. The Hall–Kier alpha value is -2.59. The van der Waals surface area contributed by atoms with Gasteiger partial charge in [0.1, 0.15) is 5.82 Å². The van der Waals surface area contributed by atoms with Gasteiger partial charge in [0.05, 0.1) is 23.3 Å². The third-order valence-electron chi connectivity index (χ3n) is 6.98. The number of nitrogens with one attached hydrogen (secondary N) is 1. The highest BCUT2D eigenvalue weighted by Crippen LogP contribution is 2.45. The molecule has 5 rings (SSSR count). The molecule has 2 aromatic carbocycles. The molecule has 31 heavy (non-hydrogen) atoms. The van der Waals surface area contributed by atoms with Crippen LogP contribution in [0.25, 0.3) is 0 Å². The molecule has 3 aromatic rings. The molecular formula is C26H28ClN3O. The van der Waals surface area contributed by atoms with E-state index in [4.69, 9.17) is 11.6 Å². The van der Waals surface area contributed by atoms with Gasteiger partial charge >= 0.3 is 0 Å². The lowest BCUT2D eigenvalue weighted by Crippen LogP contribution is -2.38. The number of benzene rings is 2. The fraction of sp³-hybridized carbons (Fsp3) is 0.385. The van der Waals surface area contributed by atoms with Gasteiger partial charge in [0, 0.05) is 10.9 Å². The van der Waals surface area contributed by atoms with E-state index in [0.29, 0.717) is 0 Å². The first-order valence-corrected chi connectivity index (χ1v) is 11.5. The Bertz CT molecular complexity index is 1090. The van der Waals surface area contributed by atoms with Crippen LogP contribution in [0.5, 0.6) is 0 Å². The predicted molar refractivity (Wildman–Crippen MR) is 125 cm³/mol. The van der Waals surface area contributed by atoms with E-state index < -0.39 is 0 Å². The largest absolute Gasteiger partial charge is 0.363 e. The van der Waals surface area contributed by atoms with Gasteiger partial charge in [0.2, 0.25) is 0 Å². The summed E-state index contributed by atoms with van der Waals surface area (Å²) in [4.78, 5) is 13.8. The maximum atomic E-state index is 13.8. The van der Waals surface area contributed by atoms with E-state index in [9.17, 15) is 4.79 Å². The summed E-state index contributed by atoms with van der Waals surface area (Å²) in [6.45, 7) is 4.39. The van der Waals surface area contributed by atoms with Gasteiger partial charge in [0.25, 0.3) is 0 Å². The lowest BCUT2D eigenvalue weighted by molar-refractivity contribution is 0.0912. The van der Waals surface area contributed by atoms with Crippen LogP contribution in [0.2, 0.25) is 5.02 Å². The van der Waals surface area contributed by atoms with Crippen LogP contribution in [0.4, 0.5) is 5.82 Å². The average Bonchev–Trinajstić information content (AvgIpc) is 3.42. The minimum absolute atomic E-state index is 0.0166. The lowest BCUT2D eigenvalue weighted by Gasteiger charge is -2.38. The second-order valence-electron chi connectivity index (χ2n) is 9.50. The molecule has 3 unspecified atom stereocenters. The van der Waals surface area contributed by atoms with Crippen LogP contribution < -0.4 is 5.32 Å². The molecule has 0 amide bonds. The second kappa shape index (κ2) is 7.83. The number of hydrogen-bond acceptors (Lipinski definition) is 3. The van der Waals surface area contributed by atoms with Crippen molar-refractivity contribution in [2.24, 2.45) is 5.92 Å². The number of hydrogen-bond donors (Lipinski definition) is 1. The monoisotopic (exact) mass is 433 g/mol. The van der Waals surface area contributed by atoms with Crippen molar-refractivity contribution >= 4 is 23.2 Å². The zero-order valence-corrected chi connectivity index (χ0v) is 18.8. The number of carbonyl (C=O) groups is 1. The third-order valence-corrected chi connectivity index (χ3v) is 7.23. The standard InChI is InChI=1S/C26H28ClN3O/c1-26(2)15-23(18-7-4-3-5-8-18)29-25-22(16-28-30(25)26)24(31)21-10-6-9-20(21)17-11-13-19(27)14-12-17/h3-5,7-8,11-14,16,20-21,23,29H,6,9-10,15H2,1-2H3. The summed E-state index contributed by atoms with van der Waals surface area (Å²) in [7, 11) is 0. The Morgan fingerprint density at radius 1 is 1.06 bits per heavy atom. The molecule has 2 aliphatic rings. The summed E-state index contributed by atoms with van der Waals surface area (Å²) >= 11 is 6.08. The Morgan fingerprint density at radius 2 is 1.81 bits per heavy atom. The highest BCUT2D eigenvalue weighted by molar-refractivity contribution is 6.30. The number of ketones is 1. The number of carbonyl (C=O) groups excluding carboxylic acids is 1. The number of nitrogens with zero attached hydrogens (tertiary/aromatic N) is 2. The summed E-state index contributed by atoms with van der Waals surface area (Å²) in [5.41, 5.74) is 2.99. The lowest BCUT2D eigenvalue weighted by atomic mass is 9.83. The number of aromatic nitrogens is 2. The first kappa shape index (κ1) is 20.3. The summed E-state index contributed by atoms with van der Waals surface area (Å²) in [6.07, 6.45) is 5.71. The highest BCUT2D eigenvalue weighted by atomic mass is 35.5. The van der Waals surface area contributed by atoms with E-state index in [1.165, 1.54) is 11.1 Å². The molecular weight excluding hydrogens is 406 g/mol. The molecule has 160 valence electrons. The highest BCUT2D eigenvalue weighted by Gasteiger charge is 2.40. The SMILES string of the molecule is CC1(C)CC(c2ccccc2)Nc2c(C(=O)C3CCCC3c3ccc(Cl)cc3)cnn21. The molecule has 5 heteroatoms. The molecule has 1 saturated carbocycles. The normalized spacial score (nSPS) is 24.4. The van der Waals surface area contributed by atoms with Gasteiger partial charge in [-0.1, -0.05) is 60.5 Å². The van der Waals surface area contributed by atoms with E-state index in [0.717, 1.165) is 42.1 Å². The Morgan fingerprint density at radius 3 is 2.55 bits per heavy atom. The molecule has 1 aliphatic heterocycles. The van der Waals surface area contributed by atoms with Crippen molar-refractivity contribution < 1.29 is 4.79 Å². The molecule has 1 aliphatic carbocycles. The molecule has 1 fully saturated rings. The zero-order chi connectivity index (χ0) is 21.6. The van der Waals surface area contributed by atoms with Crippen LogP contribution in [0.1, 0.15) is 73.0 Å². The summed E-state index contributed by atoms with van der Waals surface area (Å²) in [6, 6.07) is 18.6. The van der Waals surface area contributed by atoms with Crippen molar-refractivity contribution in [3.05, 3.63) is 82.5 Å². The third kappa shape index (κ3) is 3.67. The van der Waals surface area contributed by atoms with Crippen molar-refractivity contribution in [3.8, 4) is 0 Å². The summed E-state index contributed by atoms with van der Waals surface area (Å²) in [5.74, 6) is 1.28. The number of Topliss-reactive ketones (excluding diaryl/α,β-unsaturated/α-hetero) is 1. The Kier molecular flexibility index (Phi) is 5.13. The van der Waals surface area contributed by atoms with Crippen LogP contribution in [-0.2, 0) is 5.54 Å². The number of rotatable bonds is 4. The van der Waals surface area contributed by atoms with Crippen molar-refractivity contribution in [2.75, 3.05) is 5.32 Å². The van der Waals surface area contributed by atoms with Crippen LogP contribution in [-0.4, -0.2) is 15.6 Å². The van der Waals surface area contributed by atoms with Gasteiger partial charge in [0.15, 0.2) is 5.78 Å². The summed E-state index contributed by atoms with van der Waals surface area (Å²) in [5, 5.41) is 9.03. The molecule has 1 N–H and O–H groups in total. The van der Waals surface area contributed by atoms with Gasteiger partial charge in [-0.15, -0.1) is 0 Å². The minimum Gasteiger partial charge on any atom is -0.363 e. The Balaban J connectivity index is 1.47. The predicted octanol–water partition coefficient (Wildman–Crippen LogP) is 6.60. The van der Waals surface area contributed by atoms with Crippen molar-refractivity contribution in [2.45, 2.75) is 57.0 Å². The van der Waals surface area contributed by atoms with E-state index in [2.05, 4.69) is 60.7 Å². The van der Waals surface area contributed by atoms with E-state index in [-0.39, 0.29) is 29.2 Å². The molecule has 4 nitrogen and oxygen atoms in total. The van der Waals surface area contributed by atoms with Crippen LogP contribution >= 0.6 is 11.6 Å². The van der Waals surface area contributed by atoms with E-state index in [1.807, 2.05) is 22.9 Å². The second-order valence-corrected chi connectivity index (χ2v) is 9.94. The first-order valence-electron chi connectivity index (χ1n) is 11.1. The fourth-order valence-corrected chi connectivity index (χ4v) is 5.52. The quantitative estimate of drug-likeness (QED) is 0.472. The molecule has 0 saturated heterocycles. The van der Waals surface area contributed by atoms with Crippen molar-refractivity contribution in [1.29, 1.82) is 0 Å². The van der Waals surface area contributed by atoms with Crippen LogP contribution in [0.3, 0.4) is 0 Å². The van der Waals surface area contributed by atoms with Crippen molar-refractivity contribution in [3.63, 3.8) is 0 Å². The molecule has 0 spiro atoms. The zero-order valence-electron chi connectivity index (χ0n) is 18.0. The maximum absolute atomic E-state index is 13.8. The number of halogens is 1. The molecule has 0 radical (unpaired) electrons. The average molecular weight is 434 g/mol. The van der Waals surface area contributed by atoms with Gasteiger partial charge < -0.3 is 5.32 Å². The molecule has 1 aromatic heterocycles. The van der Waals surface area contributed by atoms with E-state index in [1.54, 1.807) is 6.20 Å². The maximum Gasteiger partial charge on any atom is 0.171 e. The Labute approximate surface area is 188 Å². The summed E-state index contributed by atoms with van der Waals surface area (Å²) < 4.78 is 2.01. The van der Waals surface area contributed by atoms with E-state index >= 15 is 0 Å². The van der Waals surface area contributed by atoms with Gasteiger partial charge in [-0.05, 0) is 62.3 Å². The smallest absolute Gasteiger partial charge is 0.171 e. The van der Waals surface area contributed by atoms with Gasteiger partial charge in [-0.2, -0.15) is 5.10 Å². The van der Waals surface area contributed by atoms with Gasteiger partial charge in [-0.25, -0.2) is 4.68 Å². The molecule has 3 atom stereocenters. The minimum atomic E-state index is -0.176. The number of anilines is 1. The molecule has 0 bridgehead atoms. The van der Waals surface area contributed by atoms with Crippen LogP contribution in [0.15, 0.2) is 60.8 Å². The first-order chi connectivity index (χ1) is 14.9. The van der Waals surface area contributed by atoms with Crippen LogP contribution in [0, 0.1) is 5.92 Å².